The molecule has 22 heavy (non-hydrogen) atoms. The van der Waals surface area contributed by atoms with E-state index in [1.807, 2.05) is 51.4 Å². The number of rotatable bonds is 5. The van der Waals surface area contributed by atoms with Gasteiger partial charge in [0.25, 0.3) is 0 Å². The van der Waals surface area contributed by atoms with Crippen LogP contribution in [0.2, 0.25) is 0 Å². The van der Waals surface area contributed by atoms with Crippen molar-refractivity contribution in [1.82, 2.24) is 9.78 Å². The van der Waals surface area contributed by atoms with E-state index in [2.05, 4.69) is 27.6 Å². The Kier molecular flexibility index (Phi) is 5.04. The number of para-hydroxylation sites is 2. The van der Waals surface area contributed by atoms with Gasteiger partial charge in [0, 0.05) is 25.8 Å². The molecule has 0 fully saturated rings. The fraction of sp³-hybridized carbons (Fsp3) is 0.375. The molecule has 2 N–H and O–H groups in total. The van der Waals surface area contributed by atoms with Crippen LogP contribution in [0.15, 0.2) is 36.7 Å². The lowest BCUT2D eigenvalue weighted by Crippen LogP contribution is -2.22. The van der Waals surface area contributed by atoms with E-state index in [0.29, 0.717) is 5.69 Å². The summed E-state index contributed by atoms with van der Waals surface area (Å²) in [4.78, 5) is 14.2. The first kappa shape index (κ1) is 15.9. The summed E-state index contributed by atoms with van der Waals surface area (Å²) in [5.74, 6) is 0. The van der Waals surface area contributed by atoms with Gasteiger partial charge in [0.2, 0.25) is 0 Å². The Bertz CT molecular complexity index is 635. The van der Waals surface area contributed by atoms with Crippen molar-refractivity contribution in [2.45, 2.75) is 26.8 Å². The van der Waals surface area contributed by atoms with Crippen LogP contribution in [0.4, 0.5) is 21.9 Å². The topological polar surface area (TPSA) is 62.2 Å². The number of carbonyl (C=O) groups is 1. The van der Waals surface area contributed by atoms with Crippen LogP contribution in [0.5, 0.6) is 0 Å². The highest BCUT2D eigenvalue weighted by molar-refractivity contribution is 6.01. The van der Waals surface area contributed by atoms with Gasteiger partial charge in [0.15, 0.2) is 0 Å². The third-order valence-corrected chi connectivity index (χ3v) is 3.43. The zero-order chi connectivity index (χ0) is 16.1. The zero-order valence-electron chi connectivity index (χ0n) is 13.5. The average Bonchev–Trinajstić information content (AvgIpc) is 2.95. The number of hydrogen-bond acceptors (Lipinski definition) is 3. The number of nitrogens with one attached hydrogen (secondary N) is 2. The number of benzene rings is 1. The molecule has 1 heterocycles. The highest BCUT2D eigenvalue weighted by Crippen LogP contribution is 2.24. The van der Waals surface area contributed by atoms with Crippen molar-refractivity contribution in [2.75, 3.05) is 29.1 Å². The van der Waals surface area contributed by atoms with Crippen LogP contribution in [0.3, 0.4) is 0 Å². The summed E-state index contributed by atoms with van der Waals surface area (Å²) in [5, 5.41) is 9.88. The molecule has 6 nitrogen and oxygen atoms in total. The van der Waals surface area contributed by atoms with Gasteiger partial charge in [-0.05, 0) is 32.9 Å². The van der Waals surface area contributed by atoms with Crippen LogP contribution in [0, 0.1) is 0 Å². The molecule has 0 aliphatic heterocycles. The van der Waals surface area contributed by atoms with Crippen LogP contribution in [0.25, 0.3) is 0 Å². The van der Waals surface area contributed by atoms with Gasteiger partial charge in [0.05, 0.1) is 23.3 Å². The van der Waals surface area contributed by atoms with Crippen molar-refractivity contribution in [3.05, 3.63) is 36.7 Å². The summed E-state index contributed by atoms with van der Waals surface area (Å²) in [6, 6.07) is 7.71. The van der Waals surface area contributed by atoms with E-state index in [-0.39, 0.29) is 12.1 Å². The Balaban J connectivity index is 2.05. The number of hydrogen-bond donors (Lipinski definition) is 2. The van der Waals surface area contributed by atoms with E-state index in [1.165, 1.54) is 0 Å². The highest BCUT2D eigenvalue weighted by atomic mass is 16.2. The lowest BCUT2D eigenvalue weighted by atomic mass is 10.2. The van der Waals surface area contributed by atoms with Crippen molar-refractivity contribution in [3.8, 4) is 0 Å². The minimum atomic E-state index is -0.278. The second-order valence-electron chi connectivity index (χ2n) is 5.41. The minimum absolute atomic E-state index is 0.262. The Labute approximate surface area is 131 Å². The molecule has 0 bridgehead atoms. The first-order valence-electron chi connectivity index (χ1n) is 7.43. The summed E-state index contributed by atoms with van der Waals surface area (Å²) in [5.41, 5.74) is 2.44. The molecule has 0 saturated heterocycles. The summed E-state index contributed by atoms with van der Waals surface area (Å²) in [6.45, 7) is 7.00. The van der Waals surface area contributed by atoms with E-state index >= 15 is 0 Å². The lowest BCUT2D eigenvalue weighted by molar-refractivity contribution is 0.262. The van der Waals surface area contributed by atoms with Crippen LogP contribution in [-0.2, 0) is 0 Å². The number of carbonyl (C=O) groups excluding carboxylic acids is 1. The number of aromatic nitrogens is 2. The van der Waals surface area contributed by atoms with Gasteiger partial charge in [-0.25, -0.2) is 4.79 Å². The maximum atomic E-state index is 12.1. The summed E-state index contributed by atoms with van der Waals surface area (Å²) < 4.78 is 1.80. The Hall–Kier alpha value is -2.50. The summed E-state index contributed by atoms with van der Waals surface area (Å²) in [6.07, 6.45) is 3.46. The van der Waals surface area contributed by atoms with Crippen LogP contribution in [0.1, 0.15) is 26.8 Å². The Morgan fingerprint density at radius 3 is 2.68 bits per heavy atom. The van der Waals surface area contributed by atoms with Crippen LogP contribution >= 0.6 is 0 Å². The van der Waals surface area contributed by atoms with Crippen molar-refractivity contribution < 1.29 is 4.79 Å². The minimum Gasteiger partial charge on any atom is -0.373 e. The Morgan fingerprint density at radius 1 is 1.32 bits per heavy atom. The standard InChI is InChI=1S/C16H23N5O/c1-5-20(4)15-9-7-6-8-14(15)19-16(22)18-13-10-17-21(11-13)12(2)3/h6-12H,5H2,1-4H3,(H2,18,19,22). The SMILES string of the molecule is CCN(C)c1ccccc1NC(=O)Nc1cnn(C(C)C)c1. The molecule has 0 aliphatic carbocycles. The van der Waals surface area contributed by atoms with Crippen molar-refractivity contribution in [1.29, 1.82) is 0 Å². The number of anilines is 3. The first-order chi connectivity index (χ1) is 10.5. The third-order valence-electron chi connectivity index (χ3n) is 3.43. The van der Waals surface area contributed by atoms with Gasteiger partial charge < -0.3 is 15.5 Å². The van der Waals surface area contributed by atoms with Gasteiger partial charge in [-0.3, -0.25) is 4.68 Å². The molecule has 0 spiro atoms. The van der Waals surface area contributed by atoms with Crippen molar-refractivity contribution in [3.63, 3.8) is 0 Å². The van der Waals surface area contributed by atoms with Gasteiger partial charge in [-0.1, -0.05) is 12.1 Å². The second kappa shape index (κ2) is 6.98. The van der Waals surface area contributed by atoms with Gasteiger partial charge in [-0.15, -0.1) is 0 Å². The fourth-order valence-electron chi connectivity index (χ4n) is 2.05. The predicted octanol–water partition coefficient (Wildman–Crippen LogP) is 3.56. The molecular formula is C16H23N5O. The normalized spacial score (nSPS) is 10.6. The predicted molar refractivity (Wildman–Crippen MR) is 90.6 cm³/mol. The average molecular weight is 301 g/mol. The maximum absolute atomic E-state index is 12.1. The third kappa shape index (κ3) is 3.78. The quantitative estimate of drug-likeness (QED) is 0.887. The monoisotopic (exact) mass is 301 g/mol. The number of nitrogens with zero attached hydrogens (tertiary/aromatic N) is 3. The fourth-order valence-corrected chi connectivity index (χ4v) is 2.05. The zero-order valence-corrected chi connectivity index (χ0v) is 13.5. The molecule has 2 aromatic rings. The molecule has 6 heteroatoms. The smallest absolute Gasteiger partial charge is 0.323 e. The molecule has 118 valence electrons. The summed E-state index contributed by atoms with van der Waals surface area (Å²) >= 11 is 0. The van der Waals surface area contributed by atoms with E-state index in [0.717, 1.165) is 17.9 Å². The van der Waals surface area contributed by atoms with Gasteiger partial charge >= 0.3 is 6.03 Å². The molecule has 0 radical (unpaired) electrons. The summed E-state index contributed by atoms with van der Waals surface area (Å²) in [7, 11) is 1.99. The number of urea groups is 1. The number of amides is 2. The molecule has 1 aromatic heterocycles. The van der Waals surface area contributed by atoms with Gasteiger partial charge in [0.1, 0.15) is 0 Å². The van der Waals surface area contributed by atoms with Crippen LogP contribution < -0.4 is 15.5 Å². The van der Waals surface area contributed by atoms with E-state index in [1.54, 1.807) is 10.9 Å². The van der Waals surface area contributed by atoms with Gasteiger partial charge in [-0.2, -0.15) is 5.10 Å². The highest BCUT2D eigenvalue weighted by Gasteiger charge is 2.10. The van der Waals surface area contributed by atoms with Crippen molar-refractivity contribution >= 4 is 23.1 Å². The first-order valence-corrected chi connectivity index (χ1v) is 7.43. The molecule has 2 rings (SSSR count). The van der Waals surface area contributed by atoms with E-state index in [9.17, 15) is 4.79 Å². The lowest BCUT2D eigenvalue weighted by Gasteiger charge is -2.20. The second-order valence-corrected chi connectivity index (χ2v) is 5.41. The molecule has 0 atom stereocenters. The van der Waals surface area contributed by atoms with E-state index < -0.39 is 0 Å². The molecular weight excluding hydrogens is 278 g/mol. The maximum Gasteiger partial charge on any atom is 0.323 e. The van der Waals surface area contributed by atoms with Crippen LogP contribution in [-0.4, -0.2) is 29.4 Å². The van der Waals surface area contributed by atoms with Crippen molar-refractivity contribution in [2.24, 2.45) is 0 Å². The van der Waals surface area contributed by atoms with E-state index in [4.69, 9.17) is 0 Å². The molecule has 2 amide bonds. The molecule has 0 unspecified atom stereocenters. The molecule has 0 saturated carbocycles. The Morgan fingerprint density at radius 2 is 2.05 bits per heavy atom. The molecule has 0 aliphatic rings. The molecule has 1 aromatic carbocycles. The largest absolute Gasteiger partial charge is 0.373 e.